The molecule has 1 aliphatic heterocycles. The Morgan fingerprint density at radius 2 is 1.81 bits per heavy atom. The van der Waals surface area contributed by atoms with Gasteiger partial charge in [0.1, 0.15) is 4.88 Å². The molecule has 0 spiro atoms. The average Bonchev–Trinajstić information content (AvgIpc) is 3.49. The first-order valence-corrected chi connectivity index (χ1v) is 15.1. The lowest BCUT2D eigenvalue weighted by Gasteiger charge is -2.25. The smallest absolute Gasteiger partial charge is 0.350 e. The highest BCUT2D eigenvalue weighted by molar-refractivity contribution is 7.17. The highest BCUT2D eigenvalue weighted by Crippen LogP contribution is 2.45. The lowest BCUT2D eigenvalue weighted by Crippen LogP contribution is -2.31. The van der Waals surface area contributed by atoms with Crippen molar-refractivity contribution in [2.24, 2.45) is 5.92 Å². The van der Waals surface area contributed by atoms with Crippen LogP contribution in [0.15, 0.2) is 65.9 Å². The van der Waals surface area contributed by atoms with Gasteiger partial charge in [0.25, 0.3) is 5.91 Å². The number of carbonyl (C=O) groups is 3. The van der Waals surface area contributed by atoms with E-state index in [1.807, 2.05) is 37.3 Å². The van der Waals surface area contributed by atoms with Gasteiger partial charge in [-0.25, -0.2) is 9.78 Å². The minimum atomic E-state index is -1.05. The first-order chi connectivity index (χ1) is 20.7. The maximum absolute atomic E-state index is 13.7. The van der Waals surface area contributed by atoms with Gasteiger partial charge in [-0.2, -0.15) is 0 Å². The molecule has 1 N–H and O–H groups in total. The molecule has 10 heteroatoms. The summed E-state index contributed by atoms with van der Waals surface area (Å²) < 4.78 is 17.0. The number of esters is 1. The van der Waals surface area contributed by atoms with Crippen LogP contribution < -0.4 is 14.4 Å². The molecule has 1 aliphatic rings. The predicted octanol–water partition coefficient (Wildman–Crippen LogP) is 6.63. The maximum Gasteiger partial charge on any atom is 0.350 e. The fraction of sp³-hybridized carbons (Fsp3) is 0.333. The van der Waals surface area contributed by atoms with E-state index in [1.165, 1.54) is 11.0 Å². The molecule has 4 rings (SSSR count). The molecule has 0 saturated heterocycles. The van der Waals surface area contributed by atoms with Crippen molar-refractivity contribution in [3.05, 3.63) is 87.6 Å². The van der Waals surface area contributed by atoms with Crippen LogP contribution in [-0.4, -0.2) is 47.6 Å². The number of ketones is 1. The van der Waals surface area contributed by atoms with Gasteiger partial charge >= 0.3 is 5.97 Å². The van der Waals surface area contributed by atoms with Crippen molar-refractivity contribution in [3.63, 3.8) is 0 Å². The summed E-state index contributed by atoms with van der Waals surface area (Å²) >= 11 is 0.961. The van der Waals surface area contributed by atoms with Crippen LogP contribution in [0.3, 0.4) is 0 Å². The van der Waals surface area contributed by atoms with Crippen molar-refractivity contribution in [2.75, 3.05) is 24.7 Å². The molecular weight excluding hydrogens is 568 g/mol. The molecule has 0 radical (unpaired) electrons. The van der Waals surface area contributed by atoms with Gasteiger partial charge in [0.05, 0.1) is 37.1 Å². The van der Waals surface area contributed by atoms with Crippen molar-refractivity contribution in [2.45, 2.75) is 47.1 Å². The second-order valence-electron chi connectivity index (χ2n) is 10.2. The van der Waals surface area contributed by atoms with E-state index in [4.69, 9.17) is 14.2 Å². The van der Waals surface area contributed by atoms with E-state index in [0.29, 0.717) is 41.9 Å². The highest BCUT2D eigenvalue weighted by atomic mass is 32.1. The number of amides is 1. The molecule has 1 atom stereocenters. The van der Waals surface area contributed by atoms with Crippen molar-refractivity contribution >= 4 is 40.2 Å². The Bertz CT molecular complexity index is 1540. The molecule has 1 amide bonds. The Morgan fingerprint density at radius 3 is 2.49 bits per heavy atom. The molecule has 226 valence electrons. The van der Waals surface area contributed by atoms with Crippen LogP contribution in [0.5, 0.6) is 11.5 Å². The van der Waals surface area contributed by atoms with Gasteiger partial charge in [-0.05, 0) is 62.4 Å². The maximum atomic E-state index is 13.7. The molecule has 1 unspecified atom stereocenters. The third kappa shape index (κ3) is 7.14. The Morgan fingerprint density at radius 1 is 1.07 bits per heavy atom. The molecular formula is C33H36N2O7S. The average molecular weight is 605 g/mol. The van der Waals surface area contributed by atoms with Crippen molar-refractivity contribution < 1.29 is 33.7 Å². The van der Waals surface area contributed by atoms with Crippen LogP contribution in [-0.2, 0) is 14.3 Å². The topological polar surface area (TPSA) is 115 Å². The first kappa shape index (κ1) is 31.5. The number of hydrogen-bond acceptors (Lipinski definition) is 9. The van der Waals surface area contributed by atoms with E-state index >= 15 is 0 Å². The van der Waals surface area contributed by atoms with Crippen molar-refractivity contribution in [3.8, 4) is 11.5 Å². The van der Waals surface area contributed by atoms with Crippen LogP contribution >= 0.6 is 11.3 Å². The largest absolute Gasteiger partial charge is 0.503 e. The number of aromatic nitrogens is 1. The predicted molar refractivity (Wildman–Crippen MR) is 166 cm³/mol. The summed E-state index contributed by atoms with van der Waals surface area (Å²) in [7, 11) is 0. The number of carbonyl (C=O) groups excluding carboxylic acids is 3. The fourth-order valence-electron chi connectivity index (χ4n) is 4.55. The lowest BCUT2D eigenvalue weighted by atomic mass is 9.95. The number of benzene rings is 2. The number of aryl methyl sites for hydroxylation is 1. The summed E-state index contributed by atoms with van der Waals surface area (Å²) in [4.78, 5) is 45.8. The van der Waals surface area contributed by atoms with E-state index in [0.717, 1.165) is 23.3 Å². The molecule has 2 aromatic carbocycles. The standard InChI is InChI=1S/C33H36N2O7S/c1-6-40-26-19-23(14-16-25(26)42-18-17-20(3)4)28-27(24(36)15-13-22-11-9-8-10-12-22)29(37)31(38)35(28)33-34-21(5)30(43-33)32(39)41-7-2/h8-16,19-20,28,37H,6-7,17-18H2,1-5H3. The number of nitrogens with zero attached hydrogens (tertiary/aromatic N) is 2. The molecule has 1 aromatic heterocycles. The minimum Gasteiger partial charge on any atom is -0.503 e. The number of allylic oxidation sites excluding steroid dienone is 1. The Hall–Kier alpha value is -4.44. The van der Waals surface area contributed by atoms with E-state index in [-0.39, 0.29) is 22.2 Å². The van der Waals surface area contributed by atoms with E-state index in [9.17, 15) is 19.5 Å². The van der Waals surface area contributed by atoms with Gasteiger partial charge < -0.3 is 19.3 Å². The summed E-state index contributed by atoms with van der Waals surface area (Å²) in [5, 5.41) is 11.3. The number of hydrogen-bond donors (Lipinski definition) is 1. The zero-order valence-electron chi connectivity index (χ0n) is 25.0. The number of thiazole rings is 1. The van der Waals surface area contributed by atoms with Gasteiger partial charge in [-0.15, -0.1) is 0 Å². The number of aliphatic hydroxyl groups excluding tert-OH is 1. The number of aliphatic hydroxyl groups is 1. The quantitative estimate of drug-likeness (QED) is 0.171. The highest BCUT2D eigenvalue weighted by Gasteiger charge is 2.45. The summed E-state index contributed by atoms with van der Waals surface area (Å²) in [6, 6.07) is 13.3. The van der Waals surface area contributed by atoms with Gasteiger partial charge in [-0.3, -0.25) is 14.5 Å². The normalized spacial score (nSPS) is 15.1. The second kappa shape index (κ2) is 14.2. The van der Waals surface area contributed by atoms with Crippen LogP contribution in [0.2, 0.25) is 0 Å². The van der Waals surface area contributed by atoms with E-state index < -0.39 is 29.5 Å². The Labute approximate surface area is 255 Å². The van der Waals surface area contributed by atoms with E-state index in [1.54, 1.807) is 38.1 Å². The molecule has 0 aliphatic carbocycles. The van der Waals surface area contributed by atoms with Gasteiger partial charge in [0.15, 0.2) is 28.2 Å². The summed E-state index contributed by atoms with van der Waals surface area (Å²) in [6.07, 6.45) is 3.80. The lowest BCUT2D eigenvalue weighted by molar-refractivity contribution is -0.117. The SMILES string of the molecule is CCOC(=O)c1sc(N2C(=O)C(O)=C(C(=O)C=Cc3ccccc3)C2c2ccc(OCCC(C)C)c(OCC)c2)nc1C. The number of anilines is 1. The van der Waals surface area contributed by atoms with Gasteiger partial charge in [0.2, 0.25) is 0 Å². The summed E-state index contributed by atoms with van der Waals surface area (Å²) in [5.74, 6) is -1.17. The summed E-state index contributed by atoms with van der Waals surface area (Å²) in [5.41, 5.74) is 1.54. The fourth-order valence-corrected chi connectivity index (χ4v) is 5.54. The number of ether oxygens (including phenoxy) is 3. The second-order valence-corrected chi connectivity index (χ2v) is 11.2. The molecule has 0 fully saturated rings. The summed E-state index contributed by atoms with van der Waals surface area (Å²) in [6.45, 7) is 10.4. The van der Waals surface area contributed by atoms with Crippen LogP contribution in [0.4, 0.5) is 5.13 Å². The third-order valence-electron chi connectivity index (χ3n) is 6.69. The Kier molecular flexibility index (Phi) is 10.4. The van der Waals surface area contributed by atoms with E-state index in [2.05, 4.69) is 18.8 Å². The minimum absolute atomic E-state index is 0.112. The van der Waals surface area contributed by atoms with Crippen LogP contribution in [0.25, 0.3) is 6.08 Å². The Balaban J connectivity index is 1.80. The first-order valence-electron chi connectivity index (χ1n) is 14.2. The molecule has 0 bridgehead atoms. The van der Waals surface area contributed by atoms with Crippen molar-refractivity contribution in [1.82, 2.24) is 4.98 Å². The van der Waals surface area contributed by atoms with Gasteiger partial charge in [0, 0.05) is 0 Å². The number of rotatable bonds is 13. The zero-order valence-corrected chi connectivity index (χ0v) is 25.8. The third-order valence-corrected chi connectivity index (χ3v) is 7.83. The molecule has 3 aromatic rings. The molecule has 9 nitrogen and oxygen atoms in total. The monoisotopic (exact) mass is 604 g/mol. The molecule has 43 heavy (non-hydrogen) atoms. The zero-order chi connectivity index (χ0) is 31.1. The van der Waals surface area contributed by atoms with Crippen molar-refractivity contribution in [1.29, 1.82) is 0 Å². The molecule has 2 heterocycles. The molecule has 0 saturated carbocycles. The van der Waals surface area contributed by atoms with Crippen LogP contribution in [0.1, 0.15) is 66.7 Å². The van der Waals surface area contributed by atoms with Crippen LogP contribution in [0, 0.1) is 12.8 Å². The van der Waals surface area contributed by atoms with Gasteiger partial charge in [-0.1, -0.05) is 67.7 Å².